The SMILES string of the molecule is Cn1cnc(CNc2ccc(N)c(N)c2)n1. The highest BCUT2D eigenvalue weighted by atomic mass is 15.3. The van der Waals surface area contributed by atoms with Gasteiger partial charge in [-0.25, -0.2) is 4.98 Å². The fourth-order valence-electron chi connectivity index (χ4n) is 1.33. The molecule has 2 aromatic rings. The van der Waals surface area contributed by atoms with Crippen molar-refractivity contribution in [3.8, 4) is 0 Å². The molecule has 0 saturated heterocycles. The molecule has 16 heavy (non-hydrogen) atoms. The van der Waals surface area contributed by atoms with Crippen LogP contribution >= 0.6 is 0 Å². The molecule has 0 amide bonds. The van der Waals surface area contributed by atoms with E-state index in [2.05, 4.69) is 15.4 Å². The molecule has 0 unspecified atom stereocenters. The van der Waals surface area contributed by atoms with Crippen LogP contribution in [0.2, 0.25) is 0 Å². The van der Waals surface area contributed by atoms with Crippen LogP contribution in [0.4, 0.5) is 17.1 Å². The minimum Gasteiger partial charge on any atom is -0.397 e. The Morgan fingerprint density at radius 3 is 2.75 bits per heavy atom. The molecule has 0 saturated carbocycles. The highest BCUT2D eigenvalue weighted by Gasteiger charge is 2.00. The van der Waals surface area contributed by atoms with Crippen LogP contribution in [0.15, 0.2) is 24.5 Å². The molecule has 1 aromatic carbocycles. The first-order valence-corrected chi connectivity index (χ1v) is 4.88. The number of hydrogen-bond acceptors (Lipinski definition) is 5. The number of benzene rings is 1. The van der Waals surface area contributed by atoms with Gasteiger partial charge in [-0.1, -0.05) is 0 Å². The van der Waals surface area contributed by atoms with Gasteiger partial charge in [0.25, 0.3) is 0 Å². The monoisotopic (exact) mass is 218 g/mol. The standard InChI is InChI=1S/C10H14N6/c1-16-6-14-10(15-16)5-13-7-2-3-8(11)9(12)4-7/h2-4,6,13H,5,11-12H2,1H3. The molecule has 2 rings (SSSR count). The fraction of sp³-hybridized carbons (Fsp3) is 0.200. The average Bonchev–Trinajstić information content (AvgIpc) is 2.66. The minimum absolute atomic E-state index is 0.560. The van der Waals surface area contributed by atoms with E-state index in [-0.39, 0.29) is 0 Å². The second kappa shape index (κ2) is 4.09. The molecule has 0 aliphatic carbocycles. The van der Waals surface area contributed by atoms with Gasteiger partial charge in [0.15, 0.2) is 5.82 Å². The topological polar surface area (TPSA) is 94.8 Å². The summed E-state index contributed by atoms with van der Waals surface area (Å²) in [4.78, 5) is 4.10. The van der Waals surface area contributed by atoms with Crippen molar-refractivity contribution in [3.05, 3.63) is 30.4 Å². The molecule has 84 valence electrons. The van der Waals surface area contributed by atoms with Crippen molar-refractivity contribution in [1.82, 2.24) is 14.8 Å². The van der Waals surface area contributed by atoms with Crippen LogP contribution in [0.25, 0.3) is 0 Å². The first kappa shape index (κ1) is 10.3. The van der Waals surface area contributed by atoms with E-state index >= 15 is 0 Å². The normalized spacial score (nSPS) is 10.3. The van der Waals surface area contributed by atoms with Gasteiger partial charge in [-0.15, -0.1) is 0 Å². The predicted molar refractivity (Wildman–Crippen MR) is 63.6 cm³/mol. The molecular formula is C10H14N6. The van der Waals surface area contributed by atoms with Gasteiger partial charge in [-0.3, -0.25) is 4.68 Å². The number of aromatic nitrogens is 3. The molecule has 5 N–H and O–H groups in total. The molecule has 0 spiro atoms. The molecule has 0 atom stereocenters. The molecule has 0 fully saturated rings. The molecular weight excluding hydrogens is 204 g/mol. The van der Waals surface area contributed by atoms with Crippen LogP contribution in [-0.4, -0.2) is 14.8 Å². The number of hydrogen-bond donors (Lipinski definition) is 3. The summed E-state index contributed by atoms with van der Waals surface area (Å²) >= 11 is 0. The summed E-state index contributed by atoms with van der Waals surface area (Å²) in [5.41, 5.74) is 13.4. The van der Waals surface area contributed by atoms with E-state index in [0.29, 0.717) is 17.9 Å². The quantitative estimate of drug-likeness (QED) is 0.655. The highest BCUT2D eigenvalue weighted by molar-refractivity contribution is 5.69. The summed E-state index contributed by atoms with van der Waals surface area (Å²) in [6.07, 6.45) is 1.66. The van der Waals surface area contributed by atoms with E-state index in [0.717, 1.165) is 11.5 Å². The van der Waals surface area contributed by atoms with Gasteiger partial charge < -0.3 is 16.8 Å². The Hall–Kier alpha value is -2.24. The lowest BCUT2D eigenvalue weighted by atomic mass is 10.2. The number of nitrogens with two attached hydrogens (primary N) is 2. The van der Waals surface area contributed by atoms with E-state index in [4.69, 9.17) is 11.5 Å². The van der Waals surface area contributed by atoms with Crippen LogP contribution < -0.4 is 16.8 Å². The summed E-state index contributed by atoms with van der Waals surface area (Å²) in [7, 11) is 1.83. The van der Waals surface area contributed by atoms with Crippen molar-refractivity contribution < 1.29 is 0 Å². The number of nitrogens with one attached hydrogen (secondary N) is 1. The van der Waals surface area contributed by atoms with Crippen LogP contribution in [0.5, 0.6) is 0 Å². The van der Waals surface area contributed by atoms with Gasteiger partial charge in [0.1, 0.15) is 6.33 Å². The zero-order valence-electron chi connectivity index (χ0n) is 9.01. The van der Waals surface area contributed by atoms with Gasteiger partial charge in [0.05, 0.1) is 17.9 Å². The average molecular weight is 218 g/mol. The highest BCUT2D eigenvalue weighted by Crippen LogP contribution is 2.19. The second-order valence-electron chi connectivity index (χ2n) is 3.53. The minimum atomic E-state index is 0.560. The third-order valence-corrected chi connectivity index (χ3v) is 2.18. The Balaban J connectivity index is 2.02. The first-order valence-electron chi connectivity index (χ1n) is 4.88. The number of nitrogen functional groups attached to an aromatic ring is 2. The van der Waals surface area contributed by atoms with Gasteiger partial charge in [0, 0.05) is 12.7 Å². The maximum atomic E-state index is 5.69. The van der Waals surface area contributed by atoms with E-state index in [1.165, 1.54) is 0 Å². The summed E-state index contributed by atoms with van der Waals surface area (Å²) < 4.78 is 1.66. The number of aryl methyl sites for hydroxylation is 1. The van der Waals surface area contributed by atoms with Crippen molar-refractivity contribution in [3.63, 3.8) is 0 Å². The Bertz CT molecular complexity index is 490. The lowest BCUT2D eigenvalue weighted by molar-refractivity contribution is 0.747. The molecule has 6 nitrogen and oxygen atoms in total. The van der Waals surface area contributed by atoms with E-state index in [1.807, 2.05) is 13.1 Å². The van der Waals surface area contributed by atoms with Crippen molar-refractivity contribution in [2.24, 2.45) is 7.05 Å². The van der Waals surface area contributed by atoms with Crippen molar-refractivity contribution in [2.45, 2.75) is 6.54 Å². The second-order valence-corrected chi connectivity index (χ2v) is 3.53. The lowest BCUT2D eigenvalue weighted by Crippen LogP contribution is -2.03. The van der Waals surface area contributed by atoms with Gasteiger partial charge in [-0.2, -0.15) is 5.10 Å². The lowest BCUT2D eigenvalue weighted by Gasteiger charge is -2.06. The van der Waals surface area contributed by atoms with Crippen LogP contribution in [0, 0.1) is 0 Å². The first-order chi connectivity index (χ1) is 7.65. The molecule has 0 aliphatic rings. The van der Waals surface area contributed by atoms with Gasteiger partial charge in [0.2, 0.25) is 0 Å². The Morgan fingerprint density at radius 1 is 1.31 bits per heavy atom. The zero-order valence-corrected chi connectivity index (χ0v) is 9.01. The van der Waals surface area contributed by atoms with Crippen LogP contribution in [0.3, 0.4) is 0 Å². The van der Waals surface area contributed by atoms with Crippen LogP contribution in [0.1, 0.15) is 5.82 Å². The van der Waals surface area contributed by atoms with Gasteiger partial charge >= 0.3 is 0 Å². The maximum Gasteiger partial charge on any atom is 0.169 e. The smallest absolute Gasteiger partial charge is 0.169 e. The predicted octanol–water partition coefficient (Wildman–Crippen LogP) is 0.592. The molecule has 0 bridgehead atoms. The number of anilines is 3. The van der Waals surface area contributed by atoms with Crippen molar-refractivity contribution in [1.29, 1.82) is 0 Å². The Labute approximate surface area is 93.3 Å². The number of rotatable bonds is 3. The largest absolute Gasteiger partial charge is 0.397 e. The molecule has 1 heterocycles. The molecule has 0 radical (unpaired) electrons. The molecule has 6 heteroatoms. The van der Waals surface area contributed by atoms with Crippen LogP contribution in [-0.2, 0) is 13.6 Å². The Morgan fingerprint density at radius 2 is 2.12 bits per heavy atom. The summed E-state index contributed by atoms with van der Waals surface area (Å²) in [5, 5.41) is 7.32. The fourth-order valence-corrected chi connectivity index (χ4v) is 1.33. The zero-order chi connectivity index (χ0) is 11.5. The Kier molecular flexibility index (Phi) is 2.63. The number of nitrogens with zero attached hydrogens (tertiary/aromatic N) is 3. The third-order valence-electron chi connectivity index (χ3n) is 2.18. The van der Waals surface area contributed by atoms with Crippen molar-refractivity contribution in [2.75, 3.05) is 16.8 Å². The van der Waals surface area contributed by atoms with E-state index in [9.17, 15) is 0 Å². The summed E-state index contributed by atoms with van der Waals surface area (Å²) in [6.45, 7) is 0.560. The molecule has 0 aliphatic heterocycles. The third kappa shape index (κ3) is 2.22. The van der Waals surface area contributed by atoms with Crippen molar-refractivity contribution >= 4 is 17.1 Å². The maximum absolute atomic E-state index is 5.69. The van der Waals surface area contributed by atoms with E-state index < -0.39 is 0 Å². The van der Waals surface area contributed by atoms with Gasteiger partial charge in [-0.05, 0) is 18.2 Å². The summed E-state index contributed by atoms with van der Waals surface area (Å²) in [5.74, 6) is 0.734. The van der Waals surface area contributed by atoms with E-state index in [1.54, 1.807) is 23.1 Å². The molecule has 1 aromatic heterocycles. The summed E-state index contributed by atoms with van der Waals surface area (Å²) in [6, 6.07) is 5.43.